The second-order valence-electron chi connectivity index (χ2n) is 9.03. The minimum absolute atomic E-state index is 0.138. The number of hydrogen-bond acceptors (Lipinski definition) is 3. The van der Waals surface area contributed by atoms with E-state index >= 15 is 0 Å². The fourth-order valence-electron chi connectivity index (χ4n) is 4.83. The highest BCUT2D eigenvalue weighted by atomic mass is 19.1. The number of rotatable bonds is 7. The quantitative estimate of drug-likeness (QED) is 0.725. The van der Waals surface area contributed by atoms with Crippen LogP contribution in [-0.4, -0.2) is 55.0 Å². The molecule has 1 aromatic carbocycles. The highest BCUT2D eigenvalue weighted by Gasteiger charge is 2.25. The van der Waals surface area contributed by atoms with Crippen molar-refractivity contribution in [3.63, 3.8) is 0 Å². The molecule has 2 heterocycles. The van der Waals surface area contributed by atoms with Gasteiger partial charge in [-0.25, -0.2) is 4.39 Å². The first kappa shape index (κ1) is 21.3. The van der Waals surface area contributed by atoms with Gasteiger partial charge < -0.3 is 10.2 Å². The summed E-state index contributed by atoms with van der Waals surface area (Å²) in [4.78, 5) is 17.4. The van der Waals surface area contributed by atoms with Gasteiger partial charge in [0.25, 0.3) is 0 Å². The van der Waals surface area contributed by atoms with Crippen LogP contribution in [0.25, 0.3) is 0 Å². The van der Waals surface area contributed by atoms with E-state index in [1.807, 2.05) is 12.1 Å². The van der Waals surface area contributed by atoms with Gasteiger partial charge >= 0.3 is 0 Å². The molecule has 0 aromatic heterocycles. The molecule has 2 aliphatic rings. The van der Waals surface area contributed by atoms with E-state index in [2.05, 4.69) is 29.0 Å². The molecule has 2 fully saturated rings. The Morgan fingerprint density at radius 2 is 1.71 bits per heavy atom. The maximum absolute atomic E-state index is 13.0. The number of benzene rings is 1. The summed E-state index contributed by atoms with van der Waals surface area (Å²) in [7, 11) is 0. The first-order chi connectivity index (χ1) is 13.5. The summed E-state index contributed by atoms with van der Waals surface area (Å²) in [6.45, 7) is 11.6. The van der Waals surface area contributed by atoms with Gasteiger partial charge in [-0.3, -0.25) is 9.69 Å². The number of amides is 1. The summed E-state index contributed by atoms with van der Waals surface area (Å²) in [5.74, 6) is 1.75. The van der Waals surface area contributed by atoms with Crippen LogP contribution in [0.3, 0.4) is 0 Å². The van der Waals surface area contributed by atoms with Crippen LogP contribution in [0.2, 0.25) is 0 Å². The van der Waals surface area contributed by atoms with Gasteiger partial charge in [-0.15, -0.1) is 0 Å². The molecule has 28 heavy (non-hydrogen) atoms. The fraction of sp³-hybridized carbons (Fsp3) is 0.696. The lowest BCUT2D eigenvalue weighted by atomic mass is 9.92. The molecule has 0 radical (unpaired) electrons. The summed E-state index contributed by atoms with van der Waals surface area (Å²) >= 11 is 0. The number of likely N-dealkylation sites (tertiary alicyclic amines) is 2. The van der Waals surface area contributed by atoms with E-state index < -0.39 is 0 Å². The van der Waals surface area contributed by atoms with E-state index in [-0.39, 0.29) is 17.6 Å². The van der Waals surface area contributed by atoms with Gasteiger partial charge in [-0.05, 0) is 74.8 Å². The van der Waals surface area contributed by atoms with Crippen LogP contribution in [0.5, 0.6) is 0 Å². The van der Waals surface area contributed by atoms with Crippen molar-refractivity contribution in [2.75, 3.05) is 39.3 Å². The van der Waals surface area contributed by atoms with Gasteiger partial charge in [-0.1, -0.05) is 26.0 Å². The third kappa shape index (κ3) is 6.56. The standard InChI is InChI=1S/C23H36FN3O/c1-18-14-19(2)16-27(15-18)11-3-10-25-23(28)21-8-12-26(13-9-21)17-20-4-6-22(24)7-5-20/h4-7,18-19,21H,3,8-17H2,1-2H3,(H,25,28)/t18-,19-/m0/s1. The van der Waals surface area contributed by atoms with Crippen molar-refractivity contribution >= 4 is 5.91 Å². The van der Waals surface area contributed by atoms with Crippen molar-refractivity contribution in [1.29, 1.82) is 0 Å². The average molecular weight is 390 g/mol. The van der Waals surface area contributed by atoms with E-state index in [1.54, 1.807) is 0 Å². The number of nitrogens with one attached hydrogen (secondary N) is 1. The normalized spacial score (nSPS) is 25.0. The Bertz CT molecular complexity index is 603. The van der Waals surface area contributed by atoms with Crippen molar-refractivity contribution in [2.45, 2.75) is 46.1 Å². The highest BCUT2D eigenvalue weighted by molar-refractivity contribution is 5.78. The second kappa shape index (κ2) is 10.4. The Morgan fingerprint density at radius 3 is 2.36 bits per heavy atom. The van der Waals surface area contributed by atoms with Gasteiger partial charge in [0.15, 0.2) is 0 Å². The van der Waals surface area contributed by atoms with Gasteiger partial charge in [0.1, 0.15) is 5.82 Å². The minimum Gasteiger partial charge on any atom is -0.356 e. The number of hydrogen-bond donors (Lipinski definition) is 1. The largest absolute Gasteiger partial charge is 0.356 e. The first-order valence-electron chi connectivity index (χ1n) is 11.0. The maximum Gasteiger partial charge on any atom is 0.223 e. The van der Waals surface area contributed by atoms with Crippen LogP contribution in [0.4, 0.5) is 4.39 Å². The lowest BCUT2D eigenvalue weighted by molar-refractivity contribution is -0.126. The van der Waals surface area contributed by atoms with Crippen molar-refractivity contribution in [3.8, 4) is 0 Å². The number of carbonyl (C=O) groups excluding carboxylic acids is 1. The predicted molar refractivity (Wildman–Crippen MR) is 111 cm³/mol. The molecule has 5 heteroatoms. The molecule has 1 amide bonds. The molecule has 3 rings (SSSR count). The summed E-state index contributed by atoms with van der Waals surface area (Å²) in [6.07, 6.45) is 4.20. The SMILES string of the molecule is C[C@H]1C[C@H](C)CN(CCCNC(=O)C2CCN(Cc3ccc(F)cc3)CC2)C1. The first-order valence-corrected chi connectivity index (χ1v) is 11.0. The average Bonchev–Trinajstić information content (AvgIpc) is 2.67. The van der Waals surface area contributed by atoms with Crippen LogP contribution < -0.4 is 5.32 Å². The zero-order chi connectivity index (χ0) is 19.9. The van der Waals surface area contributed by atoms with Crippen LogP contribution in [0.1, 0.15) is 45.1 Å². The van der Waals surface area contributed by atoms with Crippen LogP contribution >= 0.6 is 0 Å². The van der Waals surface area contributed by atoms with Crippen molar-refractivity contribution in [2.24, 2.45) is 17.8 Å². The van der Waals surface area contributed by atoms with Crippen molar-refractivity contribution in [3.05, 3.63) is 35.6 Å². The second-order valence-corrected chi connectivity index (χ2v) is 9.03. The molecular weight excluding hydrogens is 353 g/mol. The molecule has 0 unspecified atom stereocenters. The number of halogens is 1. The molecule has 156 valence electrons. The molecule has 0 aliphatic carbocycles. The molecule has 4 nitrogen and oxygen atoms in total. The van der Waals surface area contributed by atoms with Crippen LogP contribution in [0.15, 0.2) is 24.3 Å². The lowest BCUT2D eigenvalue weighted by Gasteiger charge is -2.35. The molecule has 2 saturated heterocycles. The zero-order valence-corrected chi connectivity index (χ0v) is 17.5. The third-order valence-electron chi connectivity index (χ3n) is 6.17. The third-order valence-corrected chi connectivity index (χ3v) is 6.17. The topological polar surface area (TPSA) is 35.6 Å². The minimum atomic E-state index is -0.191. The summed E-state index contributed by atoms with van der Waals surface area (Å²) in [5.41, 5.74) is 1.13. The van der Waals surface area contributed by atoms with Crippen LogP contribution in [-0.2, 0) is 11.3 Å². The highest BCUT2D eigenvalue weighted by Crippen LogP contribution is 2.21. The van der Waals surface area contributed by atoms with Crippen molar-refractivity contribution < 1.29 is 9.18 Å². The summed E-state index contributed by atoms with van der Waals surface area (Å²) in [6, 6.07) is 6.72. The van der Waals surface area contributed by atoms with Crippen LogP contribution in [0, 0.1) is 23.6 Å². The van der Waals surface area contributed by atoms with E-state index in [1.165, 1.54) is 31.6 Å². The van der Waals surface area contributed by atoms with Gasteiger partial charge in [0.05, 0.1) is 0 Å². The Kier molecular flexibility index (Phi) is 7.86. The van der Waals surface area contributed by atoms with E-state index in [0.717, 1.165) is 69.4 Å². The zero-order valence-electron chi connectivity index (χ0n) is 17.5. The Labute approximate surface area is 169 Å². The number of piperidine rings is 2. The summed E-state index contributed by atoms with van der Waals surface area (Å²) < 4.78 is 13.0. The smallest absolute Gasteiger partial charge is 0.223 e. The van der Waals surface area contributed by atoms with Gasteiger partial charge in [0.2, 0.25) is 5.91 Å². The molecule has 1 N–H and O–H groups in total. The molecule has 0 spiro atoms. The maximum atomic E-state index is 13.0. The predicted octanol–water partition coefficient (Wildman–Crippen LogP) is 3.52. The molecular formula is C23H36FN3O. The fourth-order valence-corrected chi connectivity index (χ4v) is 4.83. The Balaban J connectivity index is 1.30. The number of carbonyl (C=O) groups is 1. The van der Waals surface area contributed by atoms with Gasteiger partial charge in [-0.2, -0.15) is 0 Å². The van der Waals surface area contributed by atoms with Crippen molar-refractivity contribution in [1.82, 2.24) is 15.1 Å². The monoisotopic (exact) mass is 389 g/mol. The lowest BCUT2D eigenvalue weighted by Crippen LogP contribution is -2.42. The summed E-state index contributed by atoms with van der Waals surface area (Å²) in [5, 5.41) is 3.16. The molecule has 0 saturated carbocycles. The molecule has 2 aliphatic heterocycles. The molecule has 2 atom stereocenters. The van der Waals surface area contributed by atoms with E-state index in [9.17, 15) is 9.18 Å². The molecule has 1 aromatic rings. The molecule has 0 bridgehead atoms. The number of nitrogens with zero attached hydrogens (tertiary/aromatic N) is 2. The Hall–Kier alpha value is -1.46. The van der Waals surface area contributed by atoms with Gasteiger partial charge in [0, 0.05) is 32.1 Å². The van der Waals surface area contributed by atoms with E-state index in [4.69, 9.17) is 0 Å². The Morgan fingerprint density at radius 1 is 1.07 bits per heavy atom. The van der Waals surface area contributed by atoms with E-state index in [0.29, 0.717) is 0 Å².